The first-order valence-corrected chi connectivity index (χ1v) is 9.73. The number of thiophene rings is 1. The largest absolute Gasteiger partial charge is 0.397 e. The van der Waals surface area contributed by atoms with Crippen LogP contribution in [0.3, 0.4) is 0 Å². The standard InChI is InChI=1S/C12H20ClN3O2S3/c1-3-4-5-6-8(2)15-12(19)16-21(17,18)11-9(14)7-10(13)20-11/h7-8H,3-6,14H2,1-2H3,(H2,15,16,19). The number of hydrogen-bond acceptors (Lipinski definition) is 5. The van der Waals surface area contributed by atoms with E-state index in [2.05, 4.69) is 17.0 Å². The van der Waals surface area contributed by atoms with Crippen molar-refractivity contribution in [3.8, 4) is 0 Å². The molecule has 21 heavy (non-hydrogen) atoms. The number of nitrogens with one attached hydrogen (secondary N) is 2. The van der Waals surface area contributed by atoms with E-state index in [0.29, 0.717) is 4.34 Å². The summed E-state index contributed by atoms with van der Waals surface area (Å²) in [4.78, 5) is 0. The van der Waals surface area contributed by atoms with Crippen LogP contribution in [-0.4, -0.2) is 19.6 Å². The molecule has 0 aliphatic carbocycles. The summed E-state index contributed by atoms with van der Waals surface area (Å²) in [5.74, 6) is 0. The predicted molar refractivity (Wildman–Crippen MR) is 93.4 cm³/mol. The molecule has 1 unspecified atom stereocenters. The van der Waals surface area contributed by atoms with Crippen LogP contribution in [-0.2, 0) is 10.0 Å². The molecule has 120 valence electrons. The van der Waals surface area contributed by atoms with E-state index >= 15 is 0 Å². The van der Waals surface area contributed by atoms with Crippen molar-refractivity contribution >= 4 is 56.0 Å². The average molecular weight is 370 g/mol. The molecule has 1 atom stereocenters. The topological polar surface area (TPSA) is 84.2 Å². The van der Waals surface area contributed by atoms with Crippen molar-refractivity contribution in [2.75, 3.05) is 5.73 Å². The third-order valence-electron chi connectivity index (χ3n) is 2.78. The lowest BCUT2D eigenvalue weighted by Crippen LogP contribution is -2.43. The van der Waals surface area contributed by atoms with Gasteiger partial charge in [0, 0.05) is 6.04 Å². The summed E-state index contributed by atoms with van der Waals surface area (Å²) in [6.45, 7) is 4.10. The molecule has 4 N–H and O–H groups in total. The molecule has 0 spiro atoms. The molecule has 0 saturated heterocycles. The molecule has 0 aliphatic heterocycles. The quantitative estimate of drug-likeness (QED) is 0.508. The fourth-order valence-electron chi connectivity index (χ4n) is 1.76. The van der Waals surface area contributed by atoms with Gasteiger partial charge in [-0.1, -0.05) is 37.8 Å². The zero-order valence-electron chi connectivity index (χ0n) is 12.0. The van der Waals surface area contributed by atoms with Gasteiger partial charge in [-0.25, -0.2) is 8.42 Å². The molecular formula is C12H20ClN3O2S3. The van der Waals surface area contributed by atoms with Crippen molar-refractivity contribution in [1.82, 2.24) is 10.0 Å². The Morgan fingerprint density at radius 1 is 1.52 bits per heavy atom. The van der Waals surface area contributed by atoms with Gasteiger partial charge < -0.3 is 11.1 Å². The van der Waals surface area contributed by atoms with E-state index in [1.54, 1.807) is 0 Å². The number of hydrogen-bond donors (Lipinski definition) is 3. The predicted octanol–water partition coefficient (Wildman–Crippen LogP) is 3.11. The summed E-state index contributed by atoms with van der Waals surface area (Å²) in [6.07, 6.45) is 4.30. The SMILES string of the molecule is CCCCCC(C)NC(=S)NS(=O)(=O)c1sc(Cl)cc1N. The van der Waals surface area contributed by atoms with Crippen LogP contribution in [0, 0.1) is 0 Å². The van der Waals surface area contributed by atoms with Crippen LogP contribution < -0.4 is 15.8 Å². The highest BCUT2D eigenvalue weighted by atomic mass is 35.5. The Morgan fingerprint density at radius 2 is 2.19 bits per heavy atom. The van der Waals surface area contributed by atoms with Crippen molar-refractivity contribution in [3.05, 3.63) is 10.4 Å². The molecule has 1 aromatic heterocycles. The van der Waals surface area contributed by atoms with Crippen molar-refractivity contribution < 1.29 is 8.42 Å². The van der Waals surface area contributed by atoms with Gasteiger partial charge in [-0.15, -0.1) is 11.3 Å². The van der Waals surface area contributed by atoms with E-state index in [9.17, 15) is 8.42 Å². The number of unbranched alkanes of at least 4 members (excludes halogenated alkanes) is 2. The third kappa shape index (κ3) is 5.98. The Balaban J connectivity index is 2.59. The molecule has 0 amide bonds. The Morgan fingerprint density at radius 3 is 2.71 bits per heavy atom. The summed E-state index contributed by atoms with van der Waals surface area (Å²) in [6, 6.07) is 1.51. The maximum atomic E-state index is 12.2. The summed E-state index contributed by atoms with van der Waals surface area (Å²) in [5, 5.41) is 3.04. The number of thiocarbonyl (C=S) groups is 1. The monoisotopic (exact) mass is 369 g/mol. The average Bonchev–Trinajstić information content (AvgIpc) is 2.68. The van der Waals surface area contributed by atoms with Crippen LogP contribution in [0.5, 0.6) is 0 Å². The van der Waals surface area contributed by atoms with E-state index in [4.69, 9.17) is 29.6 Å². The molecule has 5 nitrogen and oxygen atoms in total. The Kier molecular flexibility index (Phi) is 7.19. The molecule has 0 radical (unpaired) electrons. The first-order valence-electron chi connectivity index (χ1n) is 6.64. The van der Waals surface area contributed by atoms with Crippen molar-refractivity contribution in [2.45, 2.75) is 49.8 Å². The smallest absolute Gasteiger partial charge is 0.275 e. The van der Waals surface area contributed by atoms with E-state index in [0.717, 1.165) is 37.0 Å². The number of nitrogens with two attached hydrogens (primary N) is 1. The number of sulfonamides is 1. The Hall–Kier alpha value is -0.570. The molecule has 1 heterocycles. The normalized spacial score (nSPS) is 12.9. The van der Waals surface area contributed by atoms with Gasteiger partial charge in [0.1, 0.15) is 0 Å². The highest BCUT2D eigenvalue weighted by Crippen LogP contribution is 2.32. The fraction of sp³-hybridized carbons (Fsp3) is 0.583. The molecule has 0 aromatic carbocycles. The van der Waals surface area contributed by atoms with E-state index < -0.39 is 10.0 Å². The second-order valence-electron chi connectivity index (χ2n) is 4.77. The number of rotatable bonds is 7. The van der Waals surface area contributed by atoms with Crippen LogP contribution in [0.2, 0.25) is 4.34 Å². The minimum Gasteiger partial charge on any atom is -0.397 e. The van der Waals surface area contributed by atoms with Gasteiger partial charge in [0.15, 0.2) is 9.32 Å². The van der Waals surface area contributed by atoms with E-state index in [1.807, 2.05) is 6.92 Å². The second-order valence-corrected chi connectivity index (χ2v) is 8.74. The van der Waals surface area contributed by atoms with Crippen molar-refractivity contribution in [1.29, 1.82) is 0 Å². The van der Waals surface area contributed by atoms with Gasteiger partial charge >= 0.3 is 0 Å². The van der Waals surface area contributed by atoms with Gasteiger partial charge in [0.25, 0.3) is 10.0 Å². The fourth-order valence-corrected chi connectivity index (χ4v) is 4.92. The minimum atomic E-state index is -3.78. The molecule has 0 fully saturated rings. The summed E-state index contributed by atoms with van der Waals surface area (Å²) >= 11 is 11.7. The molecule has 9 heteroatoms. The molecule has 1 aromatic rings. The minimum absolute atomic E-state index is 0.0183. The number of anilines is 1. The third-order valence-corrected chi connectivity index (χ3v) is 6.31. The lowest BCUT2D eigenvalue weighted by molar-refractivity contribution is 0.552. The molecule has 0 saturated carbocycles. The van der Waals surface area contributed by atoms with Crippen molar-refractivity contribution in [3.63, 3.8) is 0 Å². The first-order chi connectivity index (χ1) is 9.76. The zero-order chi connectivity index (χ0) is 16.0. The van der Waals surface area contributed by atoms with Crippen LogP contribution in [0.15, 0.2) is 10.3 Å². The van der Waals surface area contributed by atoms with Crippen LogP contribution in [0.1, 0.15) is 39.5 Å². The van der Waals surface area contributed by atoms with Crippen LogP contribution >= 0.6 is 35.2 Å². The van der Waals surface area contributed by atoms with Crippen molar-refractivity contribution in [2.24, 2.45) is 0 Å². The lowest BCUT2D eigenvalue weighted by Gasteiger charge is -2.16. The lowest BCUT2D eigenvalue weighted by atomic mass is 10.1. The van der Waals surface area contributed by atoms with E-state index in [-0.39, 0.29) is 21.1 Å². The maximum Gasteiger partial charge on any atom is 0.275 e. The van der Waals surface area contributed by atoms with Crippen LogP contribution in [0.4, 0.5) is 5.69 Å². The summed E-state index contributed by atoms with van der Waals surface area (Å²) in [5.41, 5.74) is 5.75. The van der Waals surface area contributed by atoms with Gasteiger partial charge in [-0.05, 0) is 31.6 Å². The Labute approximate surface area is 140 Å². The maximum absolute atomic E-state index is 12.2. The van der Waals surface area contributed by atoms with Crippen LogP contribution in [0.25, 0.3) is 0 Å². The Bertz CT molecular complexity index is 587. The number of halogens is 1. The van der Waals surface area contributed by atoms with E-state index in [1.165, 1.54) is 6.07 Å². The molecule has 0 aliphatic rings. The molecule has 1 rings (SSSR count). The summed E-state index contributed by atoms with van der Waals surface area (Å²) in [7, 11) is -3.78. The van der Waals surface area contributed by atoms with Gasteiger partial charge in [0.2, 0.25) is 0 Å². The van der Waals surface area contributed by atoms with Gasteiger partial charge in [-0.2, -0.15) is 0 Å². The van der Waals surface area contributed by atoms with Gasteiger partial charge in [0.05, 0.1) is 10.0 Å². The van der Waals surface area contributed by atoms with Gasteiger partial charge in [-0.3, -0.25) is 4.72 Å². The number of nitrogen functional groups attached to an aromatic ring is 1. The highest BCUT2D eigenvalue weighted by Gasteiger charge is 2.22. The second kappa shape index (κ2) is 8.17. The highest BCUT2D eigenvalue weighted by molar-refractivity contribution is 7.93. The molecule has 0 bridgehead atoms. The first kappa shape index (κ1) is 18.5. The zero-order valence-corrected chi connectivity index (χ0v) is 15.2. The summed E-state index contributed by atoms with van der Waals surface area (Å²) < 4.78 is 26.9. The molecular weight excluding hydrogens is 350 g/mol.